The zero-order chi connectivity index (χ0) is 28.2. The van der Waals surface area contributed by atoms with E-state index in [2.05, 4.69) is 10.0 Å². The number of halogens is 4. The molecule has 0 radical (unpaired) electrons. The van der Waals surface area contributed by atoms with Crippen molar-refractivity contribution in [3.05, 3.63) is 52.3 Å². The van der Waals surface area contributed by atoms with Crippen LogP contribution in [0.25, 0.3) is 0 Å². The molecule has 2 aliphatic rings. The summed E-state index contributed by atoms with van der Waals surface area (Å²) in [6.07, 6.45) is 1.82. The molecule has 0 spiro atoms. The van der Waals surface area contributed by atoms with Crippen molar-refractivity contribution in [1.29, 1.82) is 0 Å². The van der Waals surface area contributed by atoms with E-state index in [0.29, 0.717) is 50.5 Å². The topological polar surface area (TPSA) is 87.7 Å². The van der Waals surface area contributed by atoms with Gasteiger partial charge in [0.1, 0.15) is 17.6 Å². The minimum Gasteiger partial charge on any atom is -0.379 e. The van der Waals surface area contributed by atoms with Gasteiger partial charge in [-0.25, -0.2) is 21.9 Å². The van der Waals surface area contributed by atoms with Gasteiger partial charge in [0.05, 0.1) is 20.6 Å². The van der Waals surface area contributed by atoms with Gasteiger partial charge in [0.15, 0.2) is 0 Å². The van der Waals surface area contributed by atoms with E-state index in [1.807, 2.05) is 4.90 Å². The number of benzene rings is 2. The maximum Gasteiger partial charge on any atom is 0.265 e. The Bertz CT molecular complexity index is 1250. The van der Waals surface area contributed by atoms with Gasteiger partial charge in [-0.2, -0.15) is 0 Å². The fourth-order valence-electron chi connectivity index (χ4n) is 4.40. The third-order valence-corrected chi connectivity index (χ3v) is 9.90. The molecular weight excluding hydrogens is 591 g/mol. The molecule has 2 heterocycles. The summed E-state index contributed by atoms with van der Waals surface area (Å²) in [5.74, 6) is -0.492. The van der Waals surface area contributed by atoms with Gasteiger partial charge in [0, 0.05) is 42.9 Å². The number of hydrogen-bond donors (Lipinski definition) is 2. The average molecular weight is 623 g/mol. The predicted octanol–water partition coefficient (Wildman–Crippen LogP) is 5.51. The second-order valence-electron chi connectivity index (χ2n) is 9.98. The van der Waals surface area contributed by atoms with E-state index in [-0.39, 0.29) is 26.8 Å². The van der Waals surface area contributed by atoms with Crippen LogP contribution in [0.1, 0.15) is 32.6 Å². The number of carbonyl (C=O) groups is 1. The van der Waals surface area contributed by atoms with Crippen LogP contribution in [-0.4, -0.2) is 69.0 Å². The van der Waals surface area contributed by atoms with Crippen LogP contribution in [0.2, 0.25) is 10.0 Å². The molecule has 4 rings (SSSR count). The standard InChI is InChI=1S/C26H31Cl2F2N3O4S2/c1-26(9-2-3-11-37-26)25(34)32-39(35,36)21-12-22(27)24(23(28)13-21)31-19(8-10-33-14-18(30)15-33)16-38-20-6-4-17(29)5-7-20/h4-7,12-13,18-19,31H,2-3,8-11,14-16H2,1H3,(H,32,34)/t19-,26-/m1/s1. The first-order valence-electron chi connectivity index (χ1n) is 12.7. The molecule has 2 aromatic rings. The number of amides is 1. The van der Waals surface area contributed by atoms with Crippen molar-refractivity contribution in [1.82, 2.24) is 9.62 Å². The molecule has 13 heteroatoms. The summed E-state index contributed by atoms with van der Waals surface area (Å²) in [4.78, 5) is 15.4. The molecule has 2 saturated heterocycles. The largest absolute Gasteiger partial charge is 0.379 e. The first-order chi connectivity index (χ1) is 18.4. The highest BCUT2D eigenvalue weighted by atomic mass is 35.5. The summed E-state index contributed by atoms with van der Waals surface area (Å²) in [5, 5.41) is 3.45. The lowest BCUT2D eigenvalue weighted by molar-refractivity contribution is -0.148. The summed E-state index contributed by atoms with van der Waals surface area (Å²) in [5.41, 5.74) is -0.878. The zero-order valence-corrected chi connectivity index (χ0v) is 24.5. The van der Waals surface area contributed by atoms with Crippen molar-refractivity contribution < 1.29 is 26.7 Å². The third-order valence-electron chi connectivity index (χ3n) is 6.82. The Morgan fingerprint density at radius 2 is 1.87 bits per heavy atom. The molecule has 0 aliphatic carbocycles. The van der Waals surface area contributed by atoms with Crippen LogP contribution in [0.4, 0.5) is 14.5 Å². The van der Waals surface area contributed by atoms with Crippen LogP contribution in [0.5, 0.6) is 0 Å². The van der Waals surface area contributed by atoms with Crippen molar-refractivity contribution in [3.63, 3.8) is 0 Å². The van der Waals surface area contributed by atoms with Gasteiger partial charge < -0.3 is 10.1 Å². The molecule has 0 aromatic heterocycles. The van der Waals surface area contributed by atoms with Crippen LogP contribution in [0.3, 0.4) is 0 Å². The average Bonchev–Trinajstić information content (AvgIpc) is 2.87. The van der Waals surface area contributed by atoms with E-state index >= 15 is 0 Å². The highest BCUT2D eigenvalue weighted by Gasteiger charge is 2.38. The van der Waals surface area contributed by atoms with Gasteiger partial charge in [-0.3, -0.25) is 9.69 Å². The van der Waals surface area contributed by atoms with Crippen molar-refractivity contribution in [2.24, 2.45) is 0 Å². The quantitative estimate of drug-likeness (QED) is 0.320. The van der Waals surface area contributed by atoms with Crippen molar-refractivity contribution in [2.45, 2.75) is 60.2 Å². The first-order valence-corrected chi connectivity index (χ1v) is 15.9. The van der Waals surface area contributed by atoms with Crippen LogP contribution >= 0.6 is 35.0 Å². The number of rotatable bonds is 11. The number of likely N-dealkylation sites (tertiary alicyclic amines) is 1. The Hall–Kier alpha value is -1.63. The monoisotopic (exact) mass is 621 g/mol. The number of hydrogen-bond acceptors (Lipinski definition) is 7. The molecule has 214 valence electrons. The summed E-state index contributed by atoms with van der Waals surface area (Å²) in [6.45, 7) is 3.39. The van der Waals surface area contributed by atoms with Crippen molar-refractivity contribution in [2.75, 3.05) is 37.3 Å². The number of anilines is 1. The fraction of sp³-hybridized carbons (Fsp3) is 0.500. The zero-order valence-electron chi connectivity index (χ0n) is 21.4. The fourth-order valence-corrected chi connectivity index (χ4v) is 7.22. The maximum atomic E-state index is 13.3. The Labute approximate surface area is 242 Å². The minimum absolute atomic E-state index is 0.0695. The summed E-state index contributed by atoms with van der Waals surface area (Å²) < 4.78 is 60.2. The molecule has 0 bridgehead atoms. The van der Waals surface area contributed by atoms with Gasteiger partial charge in [-0.1, -0.05) is 23.2 Å². The molecule has 1 amide bonds. The SMILES string of the molecule is C[C@]1(C(=O)NS(=O)(=O)c2cc(Cl)c(N[C@H](CCN3CC(F)C3)CSc3ccc(F)cc3)c(Cl)c2)CCCCO1. The van der Waals surface area contributed by atoms with E-state index in [9.17, 15) is 22.0 Å². The van der Waals surface area contributed by atoms with Gasteiger partial charge in [0.25, 0.3) is 15.9 Å². The number of carbonyl (C=O) groups excluding carboxylic acids is 1. The van der Waals surface area contributed by atoms with Gasteiger partial charge in [-0.05, 0) is 69.0 Å². The third kappa shape index (κ3) is 7.98. The summed E-state index contributed by atoms with van der Waals surface area (Å²) >= 11 is 14.5. The lowest BCUT2D eigenvalue weighted by atomic mass is 9.95. The van der Waals surface area contributed by atoms with E-state index in [1.165, 1.54) is 36.0 Å². The second kappa shape index (κ2) is 12.9. The number of sulfonamides is 1. The van der Waals surface area contributed by atoms with Crippen LogP contribution < -0.4 is 10.0 Å². The number of nitrogens with zero attached hydrogens (tertiary/aromatic N) is 1. The Kier molecular flexibility index (Phi) is 10.0. The highest BCUT2D eigenvalue weighted by molar-refractivity contribution is 7.99. The highest BCUT2D eigenvalue weighted by Crippen LogP contribution is 2.35. The van der Waals surface area contributed by atoms with E-state index in [0.717, 1.165) is 17.7 Å². The molecule has 2 aliphatic heterocycles. The van der Waals surface area contributed by atoms with E-state index in [4.69, 9.17) is 27.9 Å². The molecule has 0 unspecified atom stereocenters. The minimum atomic E-state index is -4.26. The van der Waals surface area contributed by atoms with Crippen molar-refractivity contribution in [3.8, 4) is 0 Å². The molecule has 39 heavy (non-hydrogen) atoms. The Morgan fingerprint density at radius 1 is 1.21 bits per heavy atom. The summed E-state index contributed by atoms with van der Waals surface area (Å²) in [6, 6.07) is 8.46. The smallest absolute Gasteiger partial charge is 0.265 e. The van der Waals surface area contributed by atoms with Gasteiger partial charge in [-0.15, -0.1) is 11.8 Å². The predicted molar refractivity (Wildman–Crippen MR) is 150 cm³/mol. The number of nitrogens with one attached hydrogen (secondary N) is 2. The van der Waals surface area contributed by atoms with E-state index < -0.39 is 27.7 Å². The molecule has 2 atom stereocenters. The molecule has 7 nitrogen and oxygen atoms in total. The molecule has 2 aromatic carbocycles. The summed E-state index contributed by atoms with van der Waals surface area (Å²) in [7, 11) is -4.26. The van der Waals surface area contributed by atoms with Crippen molar-refractivity contribution >= 4 is 56.6 Å². The molecular formula is C26H31Cl2F2N3O4S2. The normalized spacial score (nSPS) is 21.3. The Morgan fingerprint density at radius 3 is 2.46 bits per heavy atom. The second-order valence-corrected chi connectivity index (χ2v) is 13.6. The Balaban J connectivity index is 1.47. The van der Waals surface area contributed by atoms with Crippen LogP contribution in [0.15, 0.2) is 46.2 Å². The lowest BCUT2D eigenvalue weighted by Gasteiger charge is -2.35. The van der Waals surface area contributed by atoms with Crippen LogP contribution in [-0.2, 0) is 19.6 Å². The number of ether oxygens (including phenoxy) is 1. The number of alkyl halides is 1. The van der Waals surface area contributed by atoms with Gasteiger partial charge >= 0.3 is 0 Å². The van der Waals surface area contributed by atoms with E-state index in [1.54, 1.807) is 19.1 Å². The molecule has 2 fully saturated rings. The van der Waals surface area contributed by atoms with Crippen LogP contribution in [0, 0.1) is 5.82 Å². The maximum absolute atomic E-state index is 13.3. The first kappa shape index (κ1) is 30.3. The number of thioether (sulfide) groups is 1. The molecule has 2 N–H and O–H groups in total. The molecule has 0 saturated carbocycles. The van der Waals surface area contributed by atoms with Gasteiger partial charge in [0.2, 0.25) is 0 Å². The lowest BCUT2D eigenvalue weighted by Crippen LogP contribution is -2.50.